The van der Waals surface area contributed by atoms with E-state index in [1.54, 1.807) is 26.8 Å². The largest absolute Gasteiger partial charge is 0.478 e. The summed E-state index contributed by atoms with van der Waals surface area (Å²) in [5.74, 6) is -1.03. The summed E-state index contributed by atoms with van der Waals surface area (Å²) in [6, 6.07) is 1.71. The van der Waals surface area contributed by atoms with E-state index in [9.17, 15) is 4.79 Å². The van der Waals surface area contributed by atoms with Crippen molar-refractivity contribution in [2.45, 2.75) is 20.8 Å². The van der Waals surface area contributed by atoms with Crippen LogP contribution in [-0.2, 0) is 4.79 Å². The van der Waals surface area contributed by atoms with Gasteiger partial charge in [0.15, 0.2) is 0 Å². The minimum atomic E-state index is -1.03. The Balaban J connectivity index is 4.82. The van der Waals surface area contributed by atoms with Crippen LogP contribution in [0.15, 0.2) is 11.6 Å². The van der Waals surface area contributed by atoms with Gasteiger partial charge in [-0.1, -0.05) is 20.8 Å². The van der Waals surface area contributed by atoms with Gasteiger partial charge in [0.05, 0.1) is 11.6 Å². The quantitative estimate of drug-likeness (QED) is 0.459. The van der Waals surface area contributed by atoms with E-state index < -0.39 is 11.4 Å². The maximum Gasteiger partial charge on any atom is 0.332 e. The van der Waals surface area contributed by atoms with Crippen molar-refractivity contribution in [1.29, 1.82) is 5.26 Å². The van der Waals surface area contributed by atoms with Crippen LogP contribution in [0.4, 0.5) is 0 Å². The summed E-state index contributed by atoms with van der Waals surface area (Å²) in [4.78, 5) is 10.5. The topological polar surface area (TPSA) is 61.1 Å². The lowest BCUT2D eigenvalue weighted by Crippen LogP contribution is -2.17. The standard InChI is InChI=1S/C8H11NO2/c1-8(2,3)6(4-5-9)7(10)11/h4H,1-3H3,(H,10,11). The molecule has 0 fully saturated rings. The smallest absolute Gasteiger partial charge is 0.332 e. The molecule has 3 heteroatoms. The lowest BCUT2D eigenvalue weighted by atomic mass is 9.86. The van der Waals surface area contributed by atoms with Gasteiger partial charge in [-0.05, 0) is 5.41 Å². The van der Waals surface area contributed by atoms with Crippen molar-refractivity contribution >= 4 is 5.97 Å². The molecule has 0 atom stereocenters. The molecule has 0 saturated carbocycles. The first-order valence-corrected chi connectivity index (χ1v) is 3.23. The number of aliphatic carboxylic acids is 1. The molecule has 0 bridgehead atoms. The van der Waals surface area contributed by atoms with Gasteiger partial charge in [-0.25, -0.2) is 4.79 Å². The Morgan fingerprint density at radius 2 is 2.00 bits per heavy atom. The number of nitrogens with zero attached hydrogens (tertiary/aromatic N) is 1. The minimum absolute atomic E-state index is 0.139. The van der Waals surface area contributed by atoms with Crippen LogP contribution in [0.2, 0.25) is 0 Å². The number of nitriles is 1. The molecule has 0 rings (SSSR count). The van der Waals surface area contributed by atoms with Gasteiger partial charge in [-0.2, -0.15) is 5.26 Å². The summed E-state index contributed by atoms with van der Waals surface area (Å²) in [5, 5.41) is 16.9. The first kappa shape index (κ1) is 9.70. The van der Waals surface area contributed by atoms with Crippen LogP contribution in [0.5, 0.6) is 0 Å². The Bertz CT molecular complexity index is 227. The zero-order valence-electron chi connectivity index (χ0n) is 6.88. The van der Waals surface area contributed by atoms with Crippen molar-refractivity contribution in [2.75, 3.05) is 0 Å². The van der Waals surface area contributed by atoms with E-state index in [0.717, 1.165) is 6.08 Å². The zero-order chi connectivity index (χ0) is 9.07. The van der Waals surface area contributed by atoms with Gasteiger partial charge in [-0.15, -0.1) is 0 Å². The molecule has 0 aliphatic rings. The monoisotopic (exact) mass is 153 g/mol. The summed E-state index contributed by atoms with van der Waals surface area (Å²) < 4.78 is 0. The van der Waals surface area contributed by atoms with Crippen molar-refractivity contribution in [1.82, 2.24) is 0 Å². The van der Waals surface area contributed by atoms with E-state index in [1.807, 2.05) is 0 Å². The number of hydrogen-bond donors (Lipinski definition) is 1. The molecule has 3 nitrogen and oxygen atoms in total. The molecule has 0 spiro atoms. The first-order valence-electron chi connectivity index (χ1n) is 3.23. The van der Waals surface area contributed by atoms with Crippen molar-refractivity contribution in [3.8, 4) is 6.07 Å². The average Bonchev–Trinajstić information content (AvgIpc) is 1.79. The molecule has 0 heterocycles. The van der Waals surface area contributed by atoms with Gasteiger partial charge in [0.25, 0.3) is 0 Å². The van der Waals surface area contributed by atoms with Crippen molar-refractivity contribution in [3.63, 3.8) is 0 Å². The third-order valence-corrected chi connectivity index (χ3v) is 1.25. The van der Waals surface area contributed by atoms with Crippen LogP contribution in [0.25, 0.3) is 0 Å². The molecule has 60 valence electrons. The summed E-state index contributed by atoms with van der Waals surface area (Å²) in [6.45, 7) is 5.26. The summed E-state index contributed by atoms with van der Waals surface area (Å²) in [7, 11) is 0. The normalized spacial score (nSPS) is 12.4. The van der Waals surface area contributed by atoms with E-state index in [2.05, 4.69) is 0 Å². The molecule has 0 radical (unpaired) electrons. The Hall–Kier alpha value is -1.30. The van der Waals surface area contributed by atoms with Crippen LogP contribution in [0.1, 0.15) is 20.8 Å². The van der Waals surface area contributed by atoms with Crippen molar-refractivity contribution in [3.05, 3.63) is 11.6 Å². The molecule has 0 unspecified atom stereocenters. The van der Waals surface area contributed by atoms with Gasteiger partial charge in [0.1, 0.15) is 0 Å². The highest BCUT2D eigenvalue weighted by molar-refractivity contribution is 5.88. The van der Waals surface area contributed by atoms with Crippen molar-refractivity contribution in [2.24, 2.45) is 5.41 Å². The third kappa shape index (κ3) is 2.85. The maximum atomic E-state index is 10.5. The van der Waals surface area contributed by atoms with E-state index in [1.165, 1.54) is 0 Å². The van der Waals surface area contributed by atoms with E-state index in [0.29, 0.717) is 0 Å². The highest BCUT2D eigenvalue weighted by Crippen LogP contribution is 2.24. The Labute approximate surface area is 66.0 Å². The molecule has 0 aromatic rings. The predicted octanol–water partition coefficient (Wildman–Crippen LogP) is 1.57. The zero-order valence-corrected chi connectivity index (χ0v) is 6.88. The molecular formula is C8H11NO2. The van der Waals surface area contributed by atoms with E-state index in [4.69, 9.17) is 10.4 Å². The highest BCUT2D eigenvalue weighted by Gasteiger charge is 2.22. The number of hydrogen-bond acceptors (Lipinski definition) is 2. The fourth-order valence-electron chi connectivity index (χ4n) is 0.664. The molecule has 11 heavy (non-hydrogen) atoms. The molecule has 0 amide bonds. The van der Waals surface area contributed by atoms with Crippen molar-refractivity contribution < 1.29 is 9.90 Å². The molecule has 0 aromatic heterocycles. The van der Waals surface area contributed by atoms with Crippen LogP contribution in [0.3, 0.4) is 0 Å². The molecule has 0 aromatic carbocycles. The van der Waals surface area contributed by atoms with Crippen LogP contribution in [-0.4, -0.2) is 11.1 Å². The Morgan fingerprint density at radius 3 is 2.09 bits per heavy atom. The van der Waals surface area contributed by atoms with E-state index >= 15 is 0 Å². The highest BCUT2D eigenvalue weighted by atomic mass is 16.4. The van der Waals surface area contributed by atoms with Crippen LogP contribution in [0, 0.1) is 16.7 Å². The number of carbonyl (C=O) groups is 1. The van der Waals surface area contributed by atoms with Gasteiger partial charge < -0.3 is 5.11 Å². The summed E-state index contributed by atoms with van der Waals surface area (Å²) in [6.07, 6.45) is 1.07. The second-order valence-corrected chi connectivity index (χ2v) is 3.24. The Kier molecular flexibility index (Phi) is 2.82. The molecule has 0 aliphatic carbocycles. The fourth-order valence-corrected chi connectivity index (χ4v) is 0.664. The number of carboxylic acids is 1. The third-order valence-electron chi connectivity index (χ3n) is 1.25. The van der Waals surface area contributed by atoms with Gasteiger partial charge in [-0.3, -0.25) is 0 Å². The first-order chi connectivity index (χ1) is 4.89. The number of allylic oxidation sites excluding steroid dienone is 1. The Morgan fingerprint density at radius 1 is 1.55 bits per heavy atom. The minimum Gasteiger partial charge on any atom is -0.478 e. The summed E-state index contributed by atoms with van der Waals surface area (Å²) >= 11 is 0. The second kappa shape index (κ2) is 3.20. The lowest BCUT2D eigenvalue weighted by molar-refractivity contribution is -0.133. The number of carboxylic acid groups (broad SMARTS) is 1. The maximum absolute atomic E-state index is 10.5. The number of rotatable bonds is 1. The molecule has 0 saturated heterocycles. The predicted molar refractivity (Wildman–Crippen MR) is 40.8 cm³/mol. The second-order valence-electron chi connectivity index (χ2n) is 3.24. The van der Waals surface area contributed by atoms with Gasteiger partial charge >= 0.3 is 5.97 Å². The van der Waals surface area contributed by atoms with E-state index in [-0.39, 0.29) is 5.57 Å². The van der Waals surface area contributed by atoms with Crippen LogP contribution >= 0.6 is 0 Å². The van der Waals surface area contributed by atoms with Gasteiger partial charge in [0, 0.05) is 6.08 Å². The summed E-state index contributed by atoms with van der Waals surface area (Å²) in [5.41, 5.74) is -0.332. The average molecular weight is 153 g/mol. The molecule has 1 N–H and O–H groups in total. The SMILES string of the molecule is CC(C)(C)C(=CC#N)C(=O)O. The molecular weight excluding hydrogens is 142 g/mol. The fraction of sp³-hybridized carbons (Fsp3) is 0.500. The molecule has 0 aliphatic heterocycles. The lowest BCUT2D eigenvalue weighted by Gasteiger charge is -2.17. The van der Waals surface area contributed by atoms with Gasteiger partial charge in [0.2, 0.25) is 0 Å². The van der Waals surface area contributed by atoms with Crippen LogP contribution < -0.4 is 0 Å².